The van der Waals surface area contributed by atoms with Crippen LogP contribution < -0.4 is 0 Å². The smallest absolute Gasteiger partial charge is 0.104 e. The lowest BCUT2D eigenvalue weighted by Gasteiger charge is -2.15. The van der Waals surface area contributed by atoms with E-state index in [0.29, 0.717) is 5.92 Å². The molecule has 1 heteroatoms. The molecule has 0 heterocycles. The van der Waals surface area contributed by atoms with Crippen LogP contribution in [0.15, 0.2) is 78.9 Å². The van der Waals surface area contributed by atoms with Gasteiger partial charge in [0.15, 0.2) is 0 Å². The molecule has 1 nitrogen and oxygen atoms in total. The Bertz CT molecular complexity index is 1050. The third-order valence-corrected chi connectivity index (χ3v) is 5.48. The molecule has 4 rings (SSSR count). The first-order valence-electron chi connectivity index (χ1n) is 9.36. The minimum Gasteiger partial charge on any atom is -0.384 e. The van der Waals surface area contributed by atoms with Crippen molar-refractivity contribution in [3.05, 3.63) is 95.6 Å². The Hall–Kier alpha value is -2.64. The van der Waals surface area contributed by atoms with Crippen molar-refractivity contribution in [1.29, 1.82) is 0 Å². The van der Waals surface area contributed by atoms with Crippen LogP contribution >= 0.6 is 0 Å². The molecule has 0 fully saturated rings. The molecule has 2 atom stereocenters. The van der Waals surface area contributed by atoms with Crippen LogP contribution in [0.1, 0.15) is 49.0 Å². The van der Waals surface area contributed by atoms with Crippen LogP contribution in [-0.4, -0.2) is 5.11 Å². The molecule has 0 aliphatic heterocycles. The highest BCUT2D eigenvalue weighted by Crippen LogP contribution is 2.29. The molecular formula is C25H24O. The molecule has 2 unspecified atom stereocenters. The van der Waals surface area contributed by atoms with Gasteiger partial charge in [0.25, 0.3) is 0 Å². The van der Waals surface area contributed by atoms with E-state index in [2.05, 4.69) is 86.6 Å². The number of aliphatic hydroxyl groups excluding tert-OH is 1. The van der Waals surface area contributed by atoms with Crippen LogP contribution in [0.3, 0.4) is 0 Å². The van der Waals surface area contributed by atoms with Gasteiger partial charge in [-0.05, 0) is 68.8 Å². The van der Waals surface area contributed by atoms with Crippen molar-refractivity contribution in [3.8, 4) is 0 Å². The Balaban J connectivity index is 1.70. The maximum Gasteiger partial charge on any atom is 0.104 e. The lowest BCUT2D eigenvalue weighted by atomic mass is 9.94. The van der Waals surface area contributed by atoms with Gasteiger partial charge in [-0.3, -0.25) is 0 Å². The van der Waals surface area contributed by atoms with Crippen LogP contribution in [0.4, 0.5) is 0 Å². The Labute approximate surface area is 154 Å². The molecule has 0 saturated heterocycles. The van der Waals surface area contributed by atoms with Crippen LogP contribution in [0.5, 0.6) is 0 Å². The van der Waals surface area contributed by atoms with Gasteiger partial charge in [0, 0.05) is 0 Å². The molecule has 4 aromatic rings. The lowest BCUT2D eigenvalue weighted by molar-refractivity contribution is 0.220. The van der Waals surface area contributed by atoms with E-state index in [4.69, 9.17) is 0 Å². The van der Waals surface area contributed by atoms with E-state index >= 15 is 0 Å². The summed E-state index contributed by atoms with van der Waals surface area (Å²) in [5.41, 5.74) is 3.20. The van der Waals surface area contributed by atoms with Gasteiger partial charge >= 0.3 is 0 Å². The number of aliphatic hydroxyl groups is 1. The highest BCUT2D eigenvalue weighted by atomic mass is 16.3. The first-order valence-corrected chi connectivity index (χ1v) is 9.36. The molecule has 0 saturated carbocycles. The summed E-state index contributed by atoms with van der Waals surface area (Å²) in [5.74, 6) is 0.551. The average Bonchev–Trinajstić information content (AvgIpc) is 2.70. The summed E-state index contributed by atoms with van der Waals surface area (Å²) >= 11 is 0. The Kier molecular flexibility index (Phi) is 4.48. The summed E-state index contributed by atoms with van der Waals surface area (Å²) in [6, 6.07) is 27.4. The highest BCUT2D eigenvalue weighted by Gasteiger charge is 2.12. The fourth-order valence-corrected chi connectivity index (χ4v) is 3.56. The van der Waals surface area contributed by atoms with E-state index in [1.54, 1.807) is 0 Å². The number of hydrogen-bond acceptors (Lipinski definition) is 1. The van der Waals surface area contributed by atoms with Gasteiger partial charge in [-0.25, -0.2) is 0 Å². The molecule has 0 bridgehead atoms. The van der Waals surface area contributed by atoms with Crippen molar-refractivity contribution in [2.45, 2.75) is 32.3 Å². The Morgan fingerprint density at radius 2 is 1.19 bits per heavy atom. The molecule has 0 aliphatic carbocycles. The monoisotopic (exact) mass is 340 g/mol. The normalized spacial score (nSPS) is 13.8. The summed E-state index contributed by atoms with van der Waals surface area (Å²) in [7, 11) is 0. The third-order valence-electron chi connectivity index (χ3n) is 5.48. The Morgan fingerprint density at radius 3 is 1.85 bits per heavy atom. The molecule has 1 N–H and O–H groups in total. The number of benzene rings is 4. The zero-order chi connectivity index (χ0) is 18.1. The summed E-state index contributed by atoms with van der Waals surface area (Å²) in [6.07, 6.45) is 0.525. The minimum absolute atomic E-state index is 0.551. The van der Waals surface area contributed by atoms with E-state index in [-0.39, 0.29) is 0 Å². The maximum absolute atomic E-state index is 10.9. The molecule has 0 amide bonds. The van der Waals surface area contributed by atoms with E-state index in [9.17, 15) is 5.11 Å². The van der Waals surface area contributed by atoms with Crippen molar-refractivity contribution in [3.63, 3.8) is 0 Å². The summed E-state index contributed by atoms with van der Waals surface area (Å²) in [4.78, 5) is 0. The van der Waals surface area contributed by atoms with Gasteiger partial charge in [-0.1, -0.05) is 74.5 Å². The van der Waals surface area contributed by atoms with Crippen LogP contribution in [0.2, 0.25) is 0 Å². The molecule has 4 aromatic carbocycles. The van der Waals surface area contributed by atoms with Crippen LogP contribution in [0.25, 0.3) is 21.5 Å². The second-order valence-electron chi connectivity index (χ2n) is 7.18. The van der Waals surface area contributed by atoms with Gasteiger partial charge < -0.3 is 5.11 Å². The minimum atomic E-state index is -0.600. The van der Waals surface area contributed by atoms with Crippen LogP contribution in [0, 0.1) is 0 Å². The molecule has 130 valence electrons. The molecule has 0 aromatic heterocycles. The second kappa shape index (κ2) is 6.93. The van der Waals surface area contributed by atoms with E-state index in [1.807, 2.05) is 6.07 Å². The van der Waals surface area contributed by atoms with E-state index in [1.165, 1.54) is 21.7 Å². The summed E-state index contributed by atoms with van der Waals surface area (Å²) in [5, 5.41) is 15.7. The molecule has 0 radical (unpaired) electrons. The zero-order valence-electron chi connectivity index (χ0n) is 15.3. The zero-order valence-corrected chi connectivity index (χ0v) is 15.3. The number of hydrogen-bond donors (Lipinski definition) is 1. The largest absolute Gasteiger partial charge is 0.384 e. The predicted octanol–water partition coefficient (Wildman–Crippen LogP) is 6.59. The first kappa shape index (κ1) is 16.8. The standard InChI is InChI=1S/C25H24O/c1-3-17(2)18-8-10-19(11-9-18)25(26)23-13-12-22-14-20-6-4-5-7-21(20)15-24(22)16-23/h4-17,25-26H,3H2,1-2H3. The average molecular weight is 340 g/mol. The SMILES string of the molecule is CCC(C)c1ccc(C(O)c2ccc3cc4ccccc4cc3c2)cc1. The van der Waals surface area contributed by atoms with Crippen molar-refractivity contribution in [1.82, 2.24) is 0 Å². The summed E-state index contributed by atoms with van der Waals surface area (Å²) < 4.78 is 0. The summed E-state index contributed by atoms with van der Waals surface area (Å²) in [6.45, 7) is 4.44. The fourth-order valence-electron chi connectivity index (χ4n) is 3.56. The molecule has 0 aliphatic rings. The fraction of sp³-hybridized carbons (Fsp3) is 0.200. The number of rotatable bonds is 4. The van der Waals surface area contributed by atoms with E-state index < -0.39 is 6.10 Å². The van der Waals surface area contributed by atoms with Crippen molar-refractivity contribution in [2.24, 2.45) is 0 Å². The lowest BCUT2D eigenvalue weighted by Crippen LogP contribution is -2.00. The van der Waals surface area contributed by atoms with E-state index in [0.717, 1.165) is 22.9 Å². The van der Waals surface area contributed by atoms with Crippen LogP contribution in [-0.2, 0) is 0 Å². The van der Waals surface area contributed by atoms with Gasteiger partial charge in [0.2, 0.25) is 0 Å². The molecule has 0 spiro atoms. The van der Waals surface area contributed by atoms with Gasteiger partial charge in [0.1, 0.15) is 6.10 Å². The maximum atomic E-state index is 10.9. The quantitative estimate of drug-likeness (QED) is 0.416. The molecular weight excluding hydrogens is 316 g/mol. The Morgan fingerprint density at radius 1 is 0.654 bits per heavy atom. The topological polar surface area (TPSA) is 20.2 Å². The van der Waals surface area contributed by atoms with Crippen molar-refractivity contribution >= 4 is 21.5 Å². The number of fused-ring (bicyclic) bond motifs is 2. The third kappa shape index (κ3) is 3.11. The van der Waals surface area contributed by atoms with Crippen molar-refractivity contribution in [2.75, 3.05) is 0 Å². The first-order chi connectivity index (χ1) is 12.7. The van der Waals surface area contributed by atoms with Gasteiger partial charge in [0.05, 0.1) is 0 Å². The van der Waals surface area contributed by atoms with Gasteiger partial charge in [-0.15, -0.1) is 0 Å². The van der Waals surface area contributed by atoms with Gasteiger partial charge in [-0.2, -0.15) is 0 Å². The second-order valence-corrected chi connectivity index (χ2v) is 7.18. The predicted molar refractivity (Wildman–Crippen MR) is 111 cm³/mol. The molecule has 26 heavy (non-hydrogen) atoms. The highest BCUT2D eigenvalue weighted by molar-refractivity contribution is 5.98. The van der Waals surface area contributed by atoms with Crippen molar-refractivity contribution < 1.29 is 5.11 Å².